The summed E-state index contributed by atoms with van der Waals surface area (Å²) >= 11 is 5.91. The Balaban J connectivity index is 1.85. The number of fused-ring (bicyclic) bond motifs is 1. The van der Waals surface area contributed by atoms with Crippen molar-refractivity contribution in [1.29, 1.82) is 0 Å². The molecule has 0 saturated heterocycles. The number of hydrogen-bond acceptors (Lipinski definition) is 6. The smallest absolute Gasteiger partial charge is 0.232 e. The Hall–Kier alpha value is -3.09. The number of rotatable bonds is 7. The van der Waals surface area contributed by atoms with Crippen LogP contribution in [0.1, 0.15) is 13.3 Å². The molecular weight excluding hydrogens is 510 g/mol. The van der Waals surface area contributed by atoms with Gasteiger partial charge in [0, 0.05) is 16.8 Å². The lowest BCUT2D eigenvalue weighted by molar-refractivity contribution is 0.520. The van der Waals surface area contributed by atoms with Gasteiger partial charge in [0.1, 0.15) is 10.7 Å². The molecule has 13 heteroatoms. The van der Waals surface area contributed by atoms with Crippen LogP contribution in [0.15, 0.2) is 58.6 Å². The maximum Gasteiger partial charge on any atom is 0.232 e. The molecular formula is C21H17ClF2N4O4S2. The zero-order chi connectivity index (χ0) is 24.7. The summed E-state index contributed by atoms with van der Waals surface area (Å²) in [6, 6.07) is 9.65. The second-order valence-corrected chi connectivity index (χ2v) is 11.4. The van der Waals surface area contributed by atoms with Crippen molar-refractivity contribution < 1.29 is 25.6 Å². The summed E-state index contributed by atoms with van der Waals surface area (Å²) < 4.78 is 82.5. The standard InChI is InChI=1S/C21H17ClF2N4O4S2/c1-2-9-33(29,30)28-17-8-7-16(23)19(18(17)24)34(31,32)21-15-10-13(11-25-20(15)26-27-21)12-3-5-14(22)6-4-12/h3-8,10-11,28H,2,9H2,1H3,(H,25,26,27). The molecule has 2 aromatic carbocycles. The number of H-pyrrole nitrogens is 1. The van der Waals surface area contributed by atoms with Gasteiger partial charge >= 0.3 is 0 Å². The first-order chi connectivity index (χ1) is 16.0. The number of sulfone groups is 1. The van der Waals surface area contributed by atoms with E-state index in [0.29, 0.717) is 22.2 Å². The summed E-state index contributed by atoms with van der Waals surface area (Å²) in [6.45, 7) is 1.60. The van der Waals surface area contributed by atoms with Gasteiger partial charge in [-0.1, -0.05) is 30.7 Å². The molecule has 4 rings (SSSR count). The van der Waals surface area contributed by atoms with Gasteiger partial charge in [-0.3, -0.25) is 9.82 Å². The highest BCUT2D eigenvalue weighted by molar-refractivity contribution is 7.92. The number of benzene rings is 2. The summed E-state index contributed by atoms with van der Waals surface area (Å²) in [5.74, 6) is -3.28. The van der Waals surface area contributed by atoms with Crippen LogP contribution in [-0.2, 0) is 19.9 Å². The van der Waals surface area contributed by atoms with Crippen molar-refractivity contribution in [2.24, 2.45) is 0 Å². The predicted molar refractivity (Wildman–Crippen MR) is 124 cm³/mol. The molecule has 2 heterocycles. The summed E-state index contributed by atoms with van der Waals surface area (Å²) in [5, 5.41) is 6.04. The van der Waals surface area contributed by atoms with E-state index in [1.807, 2.05) is 4.72 Å². The van der Waals surface area contributed by atoms with Gasteiger partial charge in [-0.15, -0.1) is 0 Å². The van der Waals surface area contributed by atoms with E-state index in [1.54, 1.807) is 31.2 Å². The first-order valence-electron chi connectivity index (χ1n) is 9.87. The Morgan fingerprint density at radius 1 is 1.03 bits per heavy atom. The quantitative estimate of drug-likeness (QED) is 0.364. The van der Waals surface area contributed by atoms with E-state index in [-0.39, 0.29) is 23.2 Å². The van der Waals surface area contributed by atoms with Crippen LogP contribution in [0.5, 0.6) is 0 Å². The number of halogens is 3. The van der Waals surface area contributed by atoms with Gasteiger partial charge in [0.2, 0.25) is 19.9 Å². The second kappa shape index (κ2) is 8.93. The SMILES string of the molecule is CCCS(=O)(=O)Nc1ccc(F)c(S(=O)(=O)c2[nH]nc3ncc(-c4ccc(Cl)cc4)cc23)c1F. The van der Waals surface area contributed by atoms with Crippen LogP contribution in [0.4, 0.5) is 14.5 Å². The Morgan fingerprint density at radius 2 is 1.74 bits per heavy atom. The summed E-state index contributed by atoms with van der Waals surface area (Å²) in [6.07, 6.45) is 1.71. The summed E-state index contributed by atoms with van der Waals surface area (Å²) in [5.41, 5.74) is 0.520. The lowest BCUT2D eigenvalue weighted by Crippen LogP contribution is -2.18. The molecule has 0 aliphatic heterocycles. The van der Waals surface area contributed by atoms with Crippen LogP contribution in [0.2, 0.25) is 5.02 Å². The average Bonchev–Trinajstić information content (AvgIpc) is 3.20. The molecule has 178 valence electrons. The molecule has 34 heavy (non-hydrogen) atoms. The van der Waals surface area contributed by atoms with E-state index in [1.165, 1.54) is 12.3 Å². The monoisotopic (exact) mass is 526 g/mol. The molecule has 0 amide bonds. The Labute approximate surface area is 199 Å². The third-order valence-corrected chi connectivity index (χ3v) is 8.37. The predicted octanol–water partition coefficient (Wildman–Crippen LogP) is 4.54. The first-order valence-corrected chi connectivity index (χ1v) is 13.4. The van der Waals surface area contributed by atoms with Crippen molar-refractivity contribution in [1.82, 2.24) is 15.2 Å². The molecule has 8 nitrogen and oxygen atoms in total. The molecule has 0 spiro atoms. The van der Waals surface area contributed by atoms with E-state index < -0.39 is 47.1 Å². The number of sulfonamides is 1. The third-order valence-electron chi connectivity index (χ3n) is 4.88. The first kappa shape index (κ1) is 24.0. The molecule has 0 fully saturated rings. The van der Waals surface area contributed by atoms with Crippen molar-refractivity contribution in [3.8, 4) is 11.1 Å². The molecule has 0 unspecified atom stereocenters. The summed E-state index contributed by atoms with van der Waals surface area (Å²) in [4.78, 5) is 2.81. The fourth-order valence-corrected chi connectivity index (χ4v) is 6.07. The minimum Gasteiger partial charge on any atom is -0.281 e. The molecule has 0 aliphatic rings. The van der Waals surface area contributed by atoms with Crippen molar-refractivity contribution >= 4 is 48.2 Å². The normalized spacial score (nSPS) is 12.2. The average molecular weight is 527 g/mol. The van der Waals surface area contributed by atoms with E-state index in [2.05, 4.69) is 15.2 Å². The van der Waals surface area contributed by atoms with Crippen LogP contribution in [0.25, 0.3) is 22.2 Å². The Kier molecular flexibility index (Phi) is 6.32. The van der Waals surface area contributed by atoms with Crippen LogP contribution in [-0.4, -0.2) is 37.8 Å². The number of pyridine rings is 1. The van der Waals surface area contributed by atoms with Crippen molar-refractivity contribution in [2.45, 2.75) is 23.3 Å². The number of anilines is 1. The highest BCUT2D eigenvalue weighted by atomic mass is 35.5. The molecule has 0 atom stereocenters. The van der Waals surface area contributed by atoms with Crippen molar-refractivity contribution in [3.63, 3.8) is 0 Å². The molecule has 2 aromatic heterocycles. The van der Waals surface area contributed by atoms with Gasteiger partial charge in [0.05, 0.1) is 16.8 Å². The number of hydrogen-bond donors (Lipinski definition) is 2. The maximum atomic E-state index is 15.2. The largest absolute Gasteiger partial charge is 0.281 e. The fourth-order valence-electron chi connectivity index (χ4n) is 3.33. The minimum absolute atomic E-state index is 0.00298. The van der Waals surface area contributed by atoms with Gasteiger partial charge < -0.3 is 0 Å². The Morgan fingerprint density at radius 3 is 2.41 bits per heavy atom. The van der Waals surface area contributed by atoms with E-state index in [9.17, 15) is 21.2 Å². The lowest BCUT2D eigenvalue weighted by atomic mass is 10.1. The van der Waals surface area contributed by atoms with E-state index >= 15 is 4.39 Å². The van der Waals surface area contributed by atoms with Gasteiger partial charge in [-0.2, -0.15) is 5.10 Å². The number of aromatic nitrogens is 3. The van der Waals surface area contributed by atoms with Crippen molar-refractivity contribution in [3.05, 3.63) is 65.3 Å². The number of aromatic amines is 1. The third kappa shape index (κ3) is 4.48. The molecule has 0 radical (unpaired) electrons. The Bertz CT molecular complexity index is 1610. The molecule has 0 saturated carbocycles. The zero-order valence-corrected chi connectivity index (χ0v) is 19.9. The molecule has 2 N–H and O–H groups in total. The van der Waals surface area contributed by atoms with E-state index in [0.717, 1.165) is 6.07 Å². The maximum absolute atomic E-state index is 15.2. The molecule has 0 aliphatic carbocycles. The van der Waals surface area contributed by atoms with Crippen LogP contribution < -0.4 is 4.72 Å². The minimum atomic E-state index is -4.84. The van der Waals surface area contributed by atoms with E-state index in [4.69, 9.17) is 11.6 Å². The highest BCUT2D eigenvalue weighted by Crippen LogP contribution is 2.34. The van der Waals surface area contributed by atoms with Gasteiger partial charge in [-0.05, 0) is 42.3 Å². The van der Waals surface area contributed by atoms with Gasteiger partial charge in [0.25, 0.3) is 0 Å². The van der Waals surface area contributed by atoms with Crippen LogP contribution in [0.3, 0.4) is 0 Å². The molecule has 0 bridgehead atoms. The second-order valence-electron chi connectivity index (χ2n) is 7.32. The fraction of sp³-hybridized carbons (Fsp3) is 0.143. The lowest BCUT2D eigenvalue weighted by Gasteiger charge is -2.12. The van der Waals surface area contributed by atoms with Crippen LogP contribution >= 0.6 is 11.6 Å². The van der Waals surface area contributed by atoms with Gasteiger partial charge in [-0.25, -0.2) is 30.6 Å². The number of nitrogens with zero attached hydrogens (tertiary/aromatic N) is 2. The van der Waals surface area contributed by atoms with Crippen LogP contribution in [0, 0.1) is 11.6 Å². The molecule has 4 aromatic rings. The van der Waals surface area contributed by atoms with Gasteiger partial charge in [0.15, 0.2) is 16.5 Å². The highest BCUT2D eigenvalue weighted by Gasteiger charge is 2.32. The topological polar surface area (TPSA) is 122 Å². The summed E-state index contributed by atoms with van der Waals surface area (Å²) in [7, 11) is -8.80. The van der Waals surface area contributed by atoms with Crippen molar-refractivity contribution in [2.75, 3.05) is 10.5 Å². The number of nitrogens with one attached hydrogen (secondary N) is 2. The zero-order valence-electron chi connectivity index (χ0n) is 17.5.